The van der Waals surface area contributed by atoms with Crippen molar-refractivity contribution in [2.24, 2.45) is 7.05 Å². The number of hydrogen-bond acceptors (Lipinski definition) is 5. The van der Waals surface area contributed by atoms with E-state index in [1.165, 1.54) is 36.0 Å². The Bertz CT molecular complexity index is 1010. The molecule has 0 aliphatic heterocycles. The molecule has 9 heteroatoms. The Morgan fingerprint density at radius 2 is 1.93 bits per heavy atom. The van der Waals surface area contributed by atoms with Crippen LogP contribution in [0.3, 0.4) is 0 Å². The summed E-state index contributed by atoms with van der Waals surface area (Å²) in [6, 6.07) is 7.11. The van der Waals surface area contributed by atoms with E-state index in [4.69, 9.17) is 4.74 Å². The predicted molar refractivity (Wildman–Crippen MR) is 101 cm³/mol. The Labute approximate surface area is 163 Å². The highest BCUT2D eigenvalue weighted by atomic mass is 32.2. The van der Waals surface area contributed by atoms with Crippen LogP contribution < -0.4 is 4.74 Å². The smallest absolute Gasteiger partial charge is 0.462 e. The van der Waals surface area contributed by atoms with Gasteiger partial charge < -0.3 is 14.0 Å². The number of rotatable bonds is 5. The third-order valence-electron chi connectivity index (χ3n) is 4.04. The van der Waals surface area contributed by atoms with E-state index in [1.807, 2.05) is 13.3 Å². The lowest BCUT2D eigenvalue weighted by Crippen LogP contribution is -2.16. The van der Waals surface area contributed by atoms with Crippen molar-refractivity contribution >= 4 is 28.8 Å². The molecule has 0 aliphatic carbocycles. The average molecular weight is 410 g/mol. The van der Waals surface area contributed by atoms with E-state index in [9.17, 15) is 18.0 Å². The van der Waals surface area contributed by atoms with Crippen molar-refractivity contribution in [2.45, 2.75) is 18.2 Å². The van der Waals surface area contributed by atoms with Gasteiger partial charge in [-0.15, -0.1) is 24.9 Å². The Morgan fingerprint density at radius 1 is 1.25 bits per heavy atom. The number of fused-ring (bicyclic) bond motifs is 1. The molecule has 1 heterocycles. The highest BCUT2D eigenvalue weighted by Gasteiger charge is 2.31. The number of carbonyl (C=O) groups excluding carboxylic acids is 1. The van der Waals surface area contributed by atoms with Gasteiger partial charge in [-0.25, -0.2) is 9.78 Å². The molecule has 0 N–H and O–H groups in total. The lowest BCUT2D eigenvalue weighted by Gasteiger charge is -2.14. The summed E-state index contributed by atoms with van der Waals surface area (Å²) in [6.45, 7) is 1.95. The molecular formula is C19H17F3N2O3S. The molecule has 0 amide bonds. The van der Waals surface area contributed by atoms with Crippen LogP contribution >= 0.6 is 11.8 Å². The maximum absolute atomic E-state index is 12.5. The second-order valence-electron chi connectivity index (χ2n) is 5.85. The molecule has 1 aromatic heterocycles. The highest BCUT2D eigenvalue weighted by molar-refractivity contribution is 7.98. The molecular weight excluding hydrogens is 393 g/mol. The molecule has 0 spiro atoms. The summed E-state index contributed by atoms with van der Waals surface area (Å²) >= 11 is 1.40. The van der Waals surface area contributed by atoms with Gasteiger partial charge in [0.25, 0.3) is 0 Å². The molecule has 0 radical (unpaired) electrons. The lowest BCUT2D eigenvalue weighted by molar-refractivity contribution is -0.274. The van der Waals surface area contributed by atoms with Crippen LogP contribution in [0.5, 0.6) is 5.75 Å². The molecule has 2 aromatic carbocycles. The van der Waals surface area contributed by atoms with Crippen molar-refractivity contribution < 1.29 is 27.4 Å². The number of thioether (sulfide) groups is 1. The molecule has 0 atom stereocenters. The zero-order valence-electron chi connectivity index (χ0n) is 15.3. The van der Waals surface area contributed by atoms with Gasteiger partial charge in [0.15, 0.2) is 0 Å². The van der Waals surface area contributed by atoms with Gasteiger partial charge in [0, 0.05) is 17.5 Å². The quantitative estimate of drug-likeness (QED) is 0.436. The number of alkyl halides is 3. The SMILES string of the molecule is CCOC(=O)c1cc(-c2ccc(OC(F)(F)F)cc2)c2ncn(C)c2c1SC. The number of carbonyl (C=O) groups is 1. The fraction of sp³-hybridized carbons (Fsp3) is 0.263. The molecule has 0 fully saturated rings. The topological polar surface area (TPSA) is 53.4 Å². The predicted octanol–water partition coefficient (Wildman–Crippen LogP) is 5.04. The van der Waals surface area contributed by atoms with Gasteiger partial charge >= 0.3 is 12.3 Å². The maximum atomic E-state index is 12.5. The minimum Gasteiger partial charge on any atom is -0.462 e. The largest absolute Gasteiger partial charge is 0.573 e. The van der Waals surface area contributed by atoms with Crippen LogP contribution in [-0.2, 0) is 11.8 Å². The minimum atomic E-state index is -4.76. The number of halogens is 3. The monoisotopic (exact) mass is 410 g/mol. The normalized spacial score (nSPS) is 11.6. The van der Waals surface area contributed by atoms with Crippen molar-refractivity contribution in [2.75, 3.05) is 12.9 Å². The molecule has 28 heavy (non-hydrogen) atoms. The number of hydrogen-bond donors (Lipinski definition) is 0. The second-order valence-corrected chi connectivity index (χ2v) is 6.67. The standard InChI is InChI=1S/C19H17F3N2O3S/c1-4-26-18(25)14-9-13(15-16(17(14)28-3)24(2)10-23-15)11-5-7-12(8-6-11)27-19(20,21)22/h5-10H,4H2,1-3H3. The highest BCUT2D eigenvalue weighted by Crippen LogP contribution is 2.37. The molecule has 0 unspecified atom stereocenters. The van der Waals surface area contributed by atoms with Gasteiger partial charge in [-0.2, -0.15) is 0 Å². The summed E-state index contributed by atoms with van der Waals surface area (Å²) in [5.74, 6) is -0.784. The van der Waals surface area contributed by atoms with E-state index in [0.717, 1.165) is 10.4 Å². The van der Waals surface area contributed by atoms with Crippen molar-refractivity contribution in [3.05, 3.63) is 42.2 Å². The fourth-order valence-electron chi connectivity index (χ4n) is 2.92. The Kier molecular flexibility index (Phi) is 5.55. The number of benzene rings is 2. The average Bonchev–Trinajstić information content (AvgIpc) is 3.02. The van der Waals surface area contributed by atoms with E-state index >= 15 is 0 Å². The molecule has 3 rings (SSSR count). The number of aryl methyl sites for hydroxylation is 1. The van der Waals surface area contributed by atoms with Gasteiger partial charge in [-0.1, -0.05) is 12.1 Å². The van der Waals surface area contributed by atoms with Crippen molar-refractivity contribution in [3.63, 3.8) is 0 Å². The third-order valence-corrected chi connectivity index (χ3v) is 4.86. The molecule has 0 saturated carbocycles. The molecule has 3 aromatic rings. The first-order chi connectivity index (χ1) is 13.2. The minimum absolute atomic E-state index is 0.231. The maximum Gasteiger partial charge on any atom is 0.573 e. The van der Waals surface area contributed by atoms with Gasteiger partial charge in [-0.05, 0) is 36.9 Å². The van der Waals surface area contributed by atoms with Gasteiger partial charge in [0.1, 0.15) is 5.75 Å². The third kappa shape index (κ3) is 3.94. The summed E-state index contributed by atoms with van der Waals surface area (Å²) in [7, 11) is 1.81. The fourth-order valence-corrected chi connectivity index (χ4v) is 3.72. The van der Waals surface area contributed by atoms with Gasteiger partial charge in [-0.3, -0.25) is 0 Å². The van der Waals surface area contributed by atoms with Crippen molar-refractivity contribution in [3.8, 4) is 16.9 Å². The Hall–Kier alpha value is -2.68. The lowest BCUT2D eigenvalue weighted by atomic mass is 10.0. The first-order valence-electron chi connectivity index (χ1n) is 8.30. The van der Waals surface area contributed by atoms with Crippen molar-refractivity contribution in [1.29, 1.82) is 0 Å². The Morgan fingerprint density at radius 3 is 2.50 bits per heavy atom. The molecule has 148 valence electrons. The number of nitrogens with zero attached hydrogens (tertiary/aromatic N) is 2. The van der Waals surface area contributed by atoms with E-state index < -0.39 is 12.3 Å². The van der Waals surface area contributed by atoms with Crippen molar-refractivity contribution in [1.82, 2.24) is 9.55 Å². The van der Waals surface area contributed by atoms with Crippen LogP contribution in [-0.4, -0.2) is 34.7 Å². The zero-order chi connectivity index (χ0) is 20.5. The van der Waals surface area contributed by atoms with E-state index in [2.05, 4.69) is 9.72 Å². The molecule has 0 saturated heterocycles. The number of imidazole rings is 1. The van der Waals surface area contributed by atoms with Gasteiger partial charge in [0.05, 0.1) is 29.5 Å². The van der Waals surface area contributed by atoms with Crippen LogP contribution in [0.1, 0.15) is 17.3 Å². The van der Waals surface area contributed by atoms with E-state index in [-0.39, 0.29) is 12.4 Å². The van der Waals surface area contributed by atoms with Crippen LogP contribution in [0.2, 0.25) is 0 Å². The van der Waals surface area contributed by atoms with Crippen LogP contribution in [0.25, 0.3) is 22.2 Å². The van der Waals surface area contributed by atoms with Crippen LogP contribution in [0.15, 0.2) is 41.6 Å². The molecule has 0 aliphatic rings. The van der Waals surface area contributed by atoms with E-state index in [1.54, 1.807) is 23.9 Å². The summed E-state index contributed by atoms with van der Waals surface area (Å²) in [4.78, 5) is 17.6. The molecule has 5 nitrogen and oxygen atoms in total. The molecule has 0 bridgehead atoms. The number of aromatic nitrogens is 2. The first kappa shape index (κ1) is 20.1. The summed E-state index contributed by atoms with van der Waals surface area (Å²) in [6.07, 6.45) is -1.27. The van der Waals surface area contributed by atoms with Crippen LogP contribution in [0.4, 0.5) is 13.2 Å². The number of esters is 1. The van der Waals surface area contributed by atoms with E-state index in [0.29, 0.717) is 22.2 Å². The zero-order valence-corrected chi connectivity index (χ0v) is 16.1. The van der Waals surface area contributed by atoms with Crippen LogP contribution in [0, 0.1) is 0 Å². The number of ether oxygens (including phenoxy) is 2. The second kappa shape index (κ2) is 7.75. The summed E-state index contributed by atoms with van der Waals surface area (Å²) in [5, 5.41) is 0. The van der Waals surface area contributed by atoms with Gasteiger partial charge in [0.2, 0.25) is 0 Å². The first-order valence-corrected chi connectivity index (χ1v) is 9.53. The summed E-state index contributed by atoms with van der Waals surface area (Å²) < 4.78 is 48.0. The Balaban J connectivity index is 2.16. The summed E-state index contributed by atoms with van der Waals surface area (Å²) in [5.41, 5.74) is 3.01.